The van der Waals surface area contributed by atoms with Gasteiger partial charge < -0.3 is 14.8 Å². The first-order valence-corrected chi connectivity index (χ1v) is 14.1. The van der Waals surface area contributed by atoms with Crippen molar-refractivity contribution in [1.29, 1.82) is 0 Å². The summed E-state index contributed by atoms with van der Waals surface area (Å²) in [6, 6.07) is 14.3. The molecule has 1 aliphatic heterocycles. The minimum Gasteiger partial charge on any atom is -0.348 e. The van der Waals surface area contributed by atoms with Crippen LogP contribution in [0.15, 0.2) is 72.9 Å². The zero-order chi connectivity index (χ0) is 29.5. The van der Waals surface area contributed by atoms with Crippen LogP contribution in [0.1, 0.15) is 48.4 Å². The Morgan fingerprint density at radius 1 is 1.00 bits per heavy atom. The lowest BCUT2D eigenvalue weighted by Gasteiger charge is -2.27. The molecule has 3 heterocycles. The number of halogens is 1. The van der Waals surface area contributed by atoms with Crippen LogP contribution < -0.4 is 5.32 Å². The second kappa shape index (κ2) is 11.0. The van der Waals surface area contributed by atoms with Gasteiger partial charge in [-0.15, -0.1) is 0 Å². The van der Waals surface area contributed by atoms with Gasteiger partial charge in [0.15, 0.2) is 5.78 Å². The molecule has 3 atom stereocenters. The van der Waals surface area contributed by atoms with Gasteiger partial charge in [0.2, 0.25) is 11.8 Å². The number of ketones is 1. The van der Waals surface area contributed by atoms with Gasteiger partial charge in [-0.3, -0.25) is 14.4 Å². The predicted octanol–water partition coefficient (Wildman–Crippen LogP) is 5.12. The van der Waals surface area contributed by atoms with Crippen LogP contribution in [0.25, 0.3) is 27.6 Å². The molecule has 0 unspecified atom stereocenters. The number of amides is 2. The van der Waals surface area contributed by atoms with Crippen molar-refractivity contribution < 1.29 is 18.8 Å². The number of aryl methyl sites for hydroxylation is 1. The SMILES string of the molecule is CC(=O)c1cn(CC(=O)N2[C@@H]3C[C@@H]3C[C@H]2C(=O)NC/C(F)=C(\C)c2ccccc2)c2ccc(-c3cnc(C)nc3)cc12. The minimum absolute atomic E-state index is 0.00878. The lowest BCUT2D eigenvalue weighted by atomic mass is 10.0. The Morgan fingerprint density at radius 3 is 2.45 bits per heavy atom. The van der Waals surface area contributed by atoms with E-state index in [1.807, 2.05) is 55.5 Å². The highest BCUT2D eigenvalue weighted by Gasteiger charge is 2.55. The molecule has 0 spiro atoms. The molecule has 2 aromatic heterocycles. The minimum atomic E-state index is -0.645. The number of nitrogens with zero attached hydrogens (tertiary/aromatic N) is 4. The van der Waals surface area contributed by atoms with Crippen molar-refractivity contribution >= 4 is 34.1 Å². The van der Waals surface area contributed by atoms with E-state index in [1.165, 1.54) is 6.92 Å². The highest BCUT2D eigenvalue weighted by atomic mass is 19.1. The standard InChI is InChI=1S/C33H32FN5O3/c1-19(22-7-5-4-6-8-22)28(34)16-37-33(42)31-13-24-12-30(24)39(31)32(41)18-38-17-27(20(2)40)26-11-23(9-10-29(26)38)25-14-35-21(3)36-15-25/h4-11,14-15,17,24,30-31H,12-13,16,18H2,1-3H3,(H,37,42)/b28-19-/t24-,30-,31+/m1/s1. The maximum Gasteiger partial charge on any atom is 0.243 e. The van der Waals surface area contributed by atoms with Gasteiger partial charge in [0, 0.05) is 46.7 Å². The van der Waals surface area contributed by atoms with Crippen LogP contribution in [-0.4, -0.2) is 55.7 Å². The van der Waals surface area contributed by atoms with Gasteiger partial charge in [-0.2, -0.15) is 0 Å². The molecule has 4 aromatic rings. The number of rotatable bonds is 8. The zero-order valence-corrected chi connectivity index (χ0v) is 23.8. The molecule has 2 fully saturated rings. The quantitative estimate of drug-likeness (QED) is 0.299. The predicted molar refractivity (Wildman–Crippen MR) is 158 cm³/mol. The third-order valence-corrected chi connectivity index (χ3v) is 8.41. The molecule has 2 aliphatic rings. The van der Waals surface area contributed by atoms with Gasteiger partial charge in [-0.25, -0.2) is 14.4 Å². The lowest BCUT2D eigenvalue weighted by Crippen LogP contribution is -2.49. The van der Waals surface area contributed by atoms with E-state index in [0.29, 0.717) is 23.4 Å². The third-order valence-electron chi connectivity index (χ3n) is 8.41. The number of allylic oxidation sites excluding steroid dienone is 1. The third kappa shape index (κ3) is 5.22. The zero-order valence-electron chi connectivity index (χ0n) is 23.8. The van der Waals surface area contributed by atoms with Gasteiger partial charge in [0.25, 0.3) is 0 Å². The first-order chi connectivity index (χ1) is 20.2. The number of piperidine rings is 1. The Labute approximate surface area is 243 Å². The number of aromatic nitrogens is 3. The van der Waals surface area contributed by atoms with Crippen LogP contribution in [-0.2, 0) is 16.1 Å². The van der Waals surface area contributed by atoms with Gasteiger partial charge in [-0.1, -0.05) is 36.4 Å². The van der Waals surface area contributed by atoms with Gasteiger partial charge in [0.1, 0.15) is 24.2 Å². The smallest absolute Gasteiger partial charge is 0.243 e. The van der Waals surface area contributed by atoms with Crippen molar-refractivity contribution in [2.75, 3.05) is 6.54 Å². The van der Waals surface area contributed by atoms with Crippen LogP contribution in [0.2, 0.25) is 0 Å². The van der Waals surface area contributed by atoms with Crippen molar-refractivity contribution in [1.82, 2.24) is 24.8 Å². The highest BCUT2D eigenvalue weighted by Crippen LogP contribution is 2.48. The summed E-state index contributed by atoms with van der Waals surface area (Å²) in [6.07, 6.45) is 6.63. The van der Waals surface area contributed by atoms with Crippen molar-refractivity contribution in [3.8, 4) is 11.1 Å². The molecule has 9 heteroatoms. The average molecular weight is 566 g/mol. The fourth-order valence-electron chi connectivity index (χ4n) is 5.97. The van der Waals surface area contributed by atoms with Crippen LogP contribution in [0.5, 0.6) is 0 Å². The second-order valence-corrected chi connectivity index (χ2v) is 11.2. The summed E-state index contributed by atoms with van der Waals surface area (Å²) in [5.74, 6) is -0.111. The molecule has 1 saturated carbocycles. The molecule has 42 heavy (non-hydrogen) atoms. The second-order valence-electron chi connectivity index (χ2n) is 11.2. The van der Waals surface area contributed by atoms with E-state index >= 15 is 0 Å². The van der Waals surface area contributed by atoms with Crippen molar-refractivity contribution in [2.45, 2.75) is 52.2 Å². The van der Waals surface area contributed by atoms with E-state index in [-0.39, 0.29) is 42.6 Å². The number of hydrogen-bond donors (Lipinski definition) is 1. The summed E-state index contributed by atoms with van der Waals surface area (Å²) in [7, 11) is 0. The molecule has 214 valence electrons. The van der Waals surface area contributed by atoms with E-state index < -0.39 is 11.9 Å². The topological polar surface area (TPSA) is 97.2 Å². The molecule has 2 aromatic carbocycles. The summed E-state index contributed by atoms with van der Waals surface area (Å²) in [6.45, 7) is 4.77. The molecule has 1 aliphatic carbocycles. The summed E-state index contributed by atoms with van der Waals surface area (Å²) in [5, 5.41) is 3.45. The number of Topliss-reactive ketones (excluding diaryl/α,β-unsaturated/α-hetero) is 1. The van der Waals surface area contributed by atoms with Gasteiger partial charge in [-0.05, 0) is 68.4 Å². The maximum atomic E-state index is 14.9. The van der Waals surface area contributed by atoms with Crippen molar-refractivity contribution in [3.63, 3.8) is 0 Å². The first kappa shape index (κ1) is 27.5. The number of likely N-dealkylation sites (tertiary alicyclic amines) is 1. The van der Waals surface area contributed by atoms with Gasteiger partial charge in [0.05, 0.1) is 6.54 Å². The normalized spacial score (nSPS) is 19.8. The number of nitrogens with one attached hydrogen (secondary N) is 1. The van der Waals surface area contributed by atoms with Crippen molar-refractivity contribution in [3.05, 3.63) is 89.9 Å². The largest absolute Gasteiger partial charge is 0.348 e. The number of carbonyl (C=O) groups is 3. The Bertz CT molecular complexity index is 1730. The van der Waals surface area contributed by atoms with Crippen LogP contribution >= 0.6 is 0 Å². The molecule has 2 amide bonds. The average Bonchev–Trinajstić information content (AvgIpc) is 3.50. The summed E-state index contributed by atoms with van der Waals surface area (Å²) >= 11 is 0. The van der Waals surface area contributed by atoms with E-state index in [2.05, 4.69) is 15.3 Å². The lowest BCUT2D eigenvalue weighted by molar-refractivity contribution is -0.140. The molecule has 8 nitrogen and oxygen atoms in total. The molecule has 1 N–H and O–H groups in total. The number of hydrogen-bond acceptors (Lipinski definition) is 5. The van der Waals surface area contributed by atoms with E-state index in [1.54, 1.807) is 35.0 Å². The molecule has 0 radical (unpaired) electrons. The maximum absolute atomic E-state index is 14.9. The van der Waals surface area contributed by atoms with E-state index in [4.69, 9.17) is 0 Å². The van der Waals surface area contributed by atoms with Crippen molar-refractivity contribution in [2.24, 2.45) is 5.92 Å². The van der Waals surface area contributed by atoms with Crippen LogP contribution in [0.3, 0.4) is 0 Å². The molecule has 6 rings (SSSR count). The highest BCUT2D eigenvalue weighted by molar-refractivity contribution is 6.08. The summed E-state index contributed by atoms with van der Waals surface area (Å²) in [5.41, 5.74) is 4.19. The molecular formula is C33H32FN5O3. The molecule has 1 saturated heterocycles. The Morgan fingerprint density at radius 2 is 1.74 bits per heavy atom. The number of fused-ring (bicyclic) bond motifs is 2. The number of carbonyl (C=O) groups excluding carboxylic acids is 3. The summed E-state index contributed by atoms with van der Waals surface area (Å²) in [4.78, 5) is 49.6. The Kier molecular flexibility index (Phi) is 7.18. The Balaban J connectivity index is 1.20. The molecular weight excluding hydrogens is 533 g/mol. The fraction of sp³-hybridized carbons (Fsp3) is 0.303. The summed E-state index contributed by atoms with van der Waals surface area (Å²) < 4.78 is 16.7. The number of benzene rings is 2. The van der Waals surface area contributed by atoms with E-state index in [9.17, 15) is 18.8 Å². The van der Waals surface area contributed by atoms with Crippen LogP contribution in [0.4, 0.5) is 4.39 Å². The monoisotopic (exact) mass is 565 g/mol. The van der Waals surface area contributed by atoms with Gasteiger partial charge >= 0.3 is 0 Å². The van der Waals surface area contributed by atoms with Crippen LogP contribution in [0, 0.1) is 12.8 Å². The first-order valence-electron chi connectivity index (χ1n) is 14.1. The van der Waals surface area contributed by atoms with E-state index in [0.717, 1.165) is 34.0 Å². The Hall–Kier alpha value is -4.66. The fourth-order valence-corrected chi connectivity index (χ4v) is 5.97. The molecule has 0 bridgehead atoms.